The van der Waals surface area contributed by atoms with E-state index in [9.17, 15) is 4.39 Å². The molecule has 3 rings (SSSR count). The zero-order chi connectivity index (χ0) is 13.2. The van der Waals surface area contributed by atoms with E-state index in [2.05, 4.69) is 27.5 Å². The van der Waals surface area contributed by atoms with E-state index in [1.807, 2.05) is 0 Å². The van der Waals surface area contributed by atoms with E-state index in [4.69, 9.17) is 0 Å². The van der Waals surface area contributed by atoms with Crippen molar-refractivity contribution in [2.45, 2.75) is 18.8 Å². The quantitative estimate of drug-likeness (QED) is 0.824. The smallest absolute Gasteiger partial charge is 0.159 e. The molecule has 0 saturated carbocycles. The minimum absolute atomic E-state index is 0.252. The summed E-state index contributed by atoms with van der Waals surface area (Å²) in [7, 11) is 2.12. The lowest BCUT2D eigenvalue weighted by molar-refractivity contribution is 0.249. The Balaban J connectivity index is 1.88. The van der Waals surface area contributed by atoms with Gasteiger partial charge in [0.05, 0.1) is 5.69 Å². The first kappa shape index (κ1) is 12.2. The molecule has 6 heteroatoms. The summed E-state index contributed by atoms with van der Waals surface area (Å²) in [6.07, 6.45) is 2.11. The summed E-state index contributed by atoms with van der Waals surface area (Å²) in [5.41, 5.74) is 0.806. The van der Waals surface area contributed by atoms with E-state index < -0.39 is 0 Å². The molecule has 1 saturated heterocycles. The van der Waals surface area contributed by atoms with Gasteiger partial charge in [-0.1, -0.05) is 0 Å². The van der Waals surface area contributed by atoms with Gasteiger partial charge in [-0.2, -0.15) is 4.68 Å². The number of aromatic nitrogens is 4. The molecule has 0 unspecified atom stereocenters. The van der Waals surface area contributed by atoms with Gasteiger partial charge in [0.1, 0.15) is 5.82 Å². The van der Waals surface area contributed by atoms with Crippen LogP contribution in [-0.4, -0.2) is 45.2 Å². The lowest BCUT2D eigenvalue weighted by Crippen LogP contribution is -2.30. The Morgan fingerprint density at radius 3 is 2.53 bits per heavy atom. The maximum Gasteiger partial charge on any atom is 0.159 e. The molecular weight excluding hydrogens is 245 g/mol. The average molecular weight is 261 g/mol. The summed E-state index contributed by atoms with van der Waals surface area (Å²) < 4.78 is 14.7. The third-order valence-corrected chi connectivity index (χ3v) is 3.65. The fourth-order valence-corrected chi connectivity index (χ4v) is 2.48. The SMILES string of the molecule is CN1CCC(c2nnnn2-c2ccc(F)cc2)CC1. The van der Waals surface area contributed by atoms with Crippen LogP contribution >= 0.6 is 0 Å². The molecule has 0 atom stereocenters. The van der Waals surface area contributed by atoms with Gasteiger partial charge in [0.25, 0.3) is 0 Å². The monoisotopic (exact) mass is 261 g/mol. The Morgan fingerprint density at radius 1 is 1.16 bits per heavy atom. The molecule has 0 N–H and O–H groups in total. The minimum Gasteiger partial charge on any atom is -0.306 e. The van der Waals surface area contributed by atoms with E-state index in [1.54, 1.807) is 16.8 Å². The maximum absolute atomic E-state index is 13.0. The summed E-state index contributed by atoms with van der Waals surface area (Å²) in [4.78, 5) is 2.31. The van der Waals surface area contributed by atoms with Crippen LogP contribution in [0.1, 0.15) is 24.6 Å². The summed E-state index contributed by atoms with van der Waals surface area (Å²) in [6.45, 7) is 2.11. The fraction of sp³-hybridized carbons (Fsp3) is 0.462. The van der Waals surface area contributed by atoms with Crippen molar-refractivity contribution in [3.05, 3.63) is 35.9 Å². The number of halogens is 1. The third kappa shape index (κ3) is 2.49. The van der Waals surface area contributed by atoms with Crippen LogP contribution in [-0.2, 0) is 0 Å². The van der Waals surface area contributed by atoms with Gasteiger partial charge in [-0.25, -0.2) is 4.39 Å². The molecule has 1 aliphatic rings. The first-order valence-corrected chi connectivity index (χ1v) is 6.47. The van der Waals surface area contributed by atoms with Gasteiger partial charge in [-0.3, -0.25) is 0 Å². The summed E-state index contributed by atoms with van der Waals surface area (Å²) in [6, 6.07) is 6.25. The molecule has 1 aromatic heterocycles. The molecule has 0 bridgehead atoms. The lowest BCUT2D eigenvalue weighted by atomic mass is 9.96. The molecule has 1 aliphatic heterocycles. The predicted octanol–water partition coefficient (Wildman–Crippen LogP) is 1.61. The average Bonchev–Trinajstić information content (AvgIpc) is 2.90. The fourth-order valence-electron chi connectivity index (χ4n) is 2.48. The van der Waals surface area contributed by atoms with Crippen LogP contribution in [0.4, 0.5) is 4.39 Å². The second-order valence-corrected chi connectivity index (χ2v) is 5.00. The van der Waals surface area contributed by atoms with E-state index in [-0.39, 0.29) is 5.82 Å². The molecule has 2 aromatic rings. The van der Waals surface area contributed by atoms with Crippen LogP contribution in [0, 0.1) is 5.82 Å². The number of hydrogen-bond acceptors (Lipinski definition) is 4. The first-order valence-electron chi connectivity index (χ1n) is 6.47. The minimum atomic E-state index is -0.252. The van der Waals surface area contributed by atoms with Gasteiger partial charge in [-0.15, -0.1) is 5.10 Å². The standard InChI is InChI=1S/C13H16FN5/c1-18-8-6-10(7-9-18)13-15-16-17-19(13)12-4-2-11(14)3-5-12/h2-5,10H,6-9H2,1H3. The first-order chi connectivity index (χ1) is 9.24. The number of likely N-dealkylation sites (tertiary alicyclic amines) is 1. The highest BCUT2D eigenvalue weighted by molar-refractivity contribution is 5.31. The zero-order valence-electron chi connectivity index (χ0n) is 10.8. The Morgan fingerprint density at radius 2 is 1.84 bits per heavy atom. The normalized spacial score (nSPS) is 17.8. The second-order valence-electron chi connectivity index (χ2n) is 5.00. The Hall–Kier alpha value is -1.82. The van der Waals surface area contributed by atoms with Crippen LogP contribution in [0.2, 0.25) is 0 Å². The molecule has 0 radical (unpaired) electrons. The highest BCUT2D eigenvalue weighted by atomic mass is 19.1. The lowest BCUT2D eigenvalue weighted by Gasteiger charge is -2.27. The van der Waals surface area contributed by atoms with E-state index in [0.29, 0.717) is 5.92 Å². The Kier molecular flexibility index (Phi) is 3.25. The number of rotatable bonds is 2. The van der Waals surface area contributed by atoms with E-state index >= 15 is 0 Å². The largest absolute Gasteiger partial charge is 0.306 e. The molecule has 0 spiro atoms. The van der Waals surface area contributed by atoms with Gasteiger partial charge in [0, 0.05) is 5.92 Å². The van der Waals surface area contributed by atoms with Crippen LogP contribution in [0.15, 0.2) is 24.3 Å². The number of benzene rings is 1. The van der Waals surface area contributed by atoms with Crippen molar-refractivity contribution in [3.8, 4) is 5.69 Å². The molecular formula is C13H16FN5. The molecule has 1 aromatic carbocycles. The zero-order valence-corrected chi connectivity index (χ0v) is 10.8. The second kappa shape index (κ2) is 5.05. The Labute approximate surface area is 111 Å². The van der Waals surface area contributed by atoms with Crippen LogP contribution in [0.25, 0.3) is 5.69 Å². The van der Waals surface area contributed by atoms with Crippen molar-refractivity contribution in [3.63, 3.8) is 0 Å². The van der Waals surface area contributed by atoms with Gasteiger partial charge in [0.15, 0.2) is 5.82 Å². The van der Waals surface area contributed by atoms with Gasteiger partial charge < -0.3 is 4.90 Å². The van der Waals surface area contributed by atoms with Crippen molar-refractivity contribution in [2.24, 2.45) is 0 Å². The highest BCUT2D eigenvalue weighted by Gasteiger charge is 2.24. The maximum atomic E-state index is 13.0. The number of hydrogen-bond donors (Lipinski definition) is 0. The highest BCUT2D eigenvalue weighted by Crippen LogP contribution is 2.26. The summed E-state index contributed by atoms with van der Waals surface area (Å²) >= 11 is 0. The number of nitrogens with zero attached hydrogens (tertiary/aromatic N) is 5. The molecule has 0 amide bonds. The van der Waals surface area contributed by atoms with Crippen molar-refractivity contribution in [1.82, 2.24) is 25.1 Å². The molecule has 2 heterocycles. The molecule has 100 valence electrons. The predicted molar refractivity (Wildman–Crippen MR) is 68.6 cm³/mol. The van der Waals surface area contributed by atoms with Gasteiger partial charge in [0.2, 0.25) is 0 Å². The molecule has 1 fully saturated rings. The number of tetrazole rings is 1. The summed E-state index contributed by atoms with van der Waals surface area (Å²) in [5.74, 6) is 0.994. The third-order valence-electron chi connectivity index (χ3n) is 3.65. The van der Waals surface area contributed by atoms with E-state index in [0.717, 1.165) is 37.4 Å². The van der Waals surface area contributed by atoms with Gasteiger partial charge >= 0.3 is 0 Å². The van der Waals surface area contributed by atoms with Crippen molar-refractivity contribution < 1.29 is 4.39 Å². The van der Waals surface area contributed by atoms with Crippen LogP contribution in [0.3, 0.4) is 0 Å². The summed E-state index contributed by atoms with van der Waals surface area (Å²) in [5, 5.41) is 12.0. The van der Waals surface area contributed by atoms with Gasteiger partial charge in [-0.05, 0) is 67.7 Å². The molecule has 5 nitrogen and oxygen atoms in total. The molecule has 0 aliphatic carbocycles. The Bertz CT molecular complexity index is 542. The van der Waals surface area contributed by atoms with E-state index in [1.165, 1.54) is 12.1 Å². The van der Waals surface area contributed by atoms with Crippen molar-refractivity contribution in [1.29, 1.82) is 0 Å². The van der Waals surface area contributed by atoms with Crippen molar-refractivity contribution >= 4 is 0 Å². The number of piperidine rings is 1. The van der Waals surface area contributed by atoms with Crippen molar-refractivity contribution in [2.75, 3.05) is 20.1 Å². The topological polar surface area (TPSA) is 46.8 Å². The van der Waals surface area contributed by atoms with Crippen LogP contribution in [0.5, 0.6) is 0 Å². The van der Waals surface area contributed by atoms with Crippen LogP contribution < -0.4 is 0 Å². The molecule has 19 heavy (non-hydrogen) atoms.